The van der Waals surface area contributed by atoms with Crippen LogP contribution in [0.5, 0.6) is 0 Å². The van der Waals surface area contributed by atoms with E-state index < -0.39 is 40.4 Å². The molecule has 2 atom stereocenters. The summed E-state index contributed by atoms with van der Waals surface area (Å²) in [5.41, 5.74) is -3.87. The Labute approximate surface area is 112 Å². The summed E-state index contributed by atoms with van der Waals surface area (Å²) in [7, 11) is 0. The lowest BCUT2D eigenvalue weighted by Gasteiger charge is -2.27. The third-order valence-corrected chi connectivity index (χ3v) is 4.89. The number of amides is 1. The zero-order chi connectivity index (χ0) is 14.0. The van der Waals surface area contributed by atoms with Crippen LogP contribution in [-0.4, -0.2) is 45.1 Å². The van der Waals surface area contributed by atoms with Crippen molar-refractivity contribution in [2.75, 3.05) is 13.1 Å². The number of carbonyl (C=O) groups is 1. The van der Waals surface area contributed by atoms with Gasteiger partial charge in [-0.1, -0.05) is 0 Å². The first kappa shape index (κ1) is 14.2. The van der Waals surface area contributed by atoms with Gasteiger partial charge in [0.1, 0.15) is 4.33 Å². The number of alkyl halides is 5. The van der Waals surface area contributed by atoms with Gasteiger partial charge in [-0.3, -0.25) is 4.79 Å². The van der Waals surface area contributed by atoms with Gasteiger partial charge in [0.15, 0.2) is 5.60 Å². The van der Waals surface area contributed by atoms with E-state index in [0.717, 1.165) is 4.90 Å². The molecule has 0 aromatic heterocycles. The Morgan fingerprint density at radius 1 is 1.39 bits per heavy atom. The van der Waals surface area contributed by atoms with Crippen LogP contribution in [0, 0.1) is 5.41 Å². The Morgan fingerprint density at radius 3 is 2.22 bits per heavy atom. The second-order valence-electron chi connectivity index (χ2n) is 5.22. The van der Waals surface area contributed by atoms with Crippen molar-refractivity contribution in [3.8, 4) is 0 Å². The molecule has 0 spiro atoms. The molecule has 1 aliphatic heterocycles. The summed E-state index contributed by atoms with van der Waals surface area (Å²) in [6, 6.07) is 0. The van der Waals surface area contributed by atoms with Gasteiger partial charge < -0.3 is 10.0 Å². The number of carbonyl (C=O) groups excluding carboxylic acids is 1. The highest BCUT2D eigenvalue weighted by atomic mass is 35.5. The molecule has 104 valence electrons. The molecule has 3 nitrogen and oxygen atoms in total. The quantitative estimate of drug-likeness (QED) is 0.754. The number of rotatable bonds is 1. The number of halogens is 5. The minimum Gasteiger partial charge on any atom is -0.379 e. The largest absolute Gasteiger partial charge is 0.419 e. The summed E-state index contributed by atoms with van der Waals surface area (Å²) in [5, 5.41) is 9.48. The first-order valence-corrected chi connectivity index (χ1v) is 6.15. The molecule has 2 fully saturated rings. The van der Waals surface area contributed by atoms with E-state index in [1.54, 1.807) is 0 Å². The van der Waals surface area contributed by atoms with Crippen LogP contribution >= 0.6 is 23.2 Å². The van der Waals surface area contributed by atoms with E-state index in [2.05, 4.69) is 0 Å². The SMILES string of the molecule is CC1(C(=O)N2CCC(O)(C(F)(F)F)C2)CC1(Cl)Cl. The summed E-state index contributed by atoms with van der Waals surface area (Å²) in [6.07, 6.45) is -5.05. The fraction of sp³-hybridized carbons (Fsp3) is 0.900. The molecule has 0 radical (unpaired) electrons. The summed E-state index contributed by atoms with van der Waals surface area (Å²) >= 11 is 11.6. The average Bonchev–Trinajstić information content (AvgIpc) is 2.59. The maximum atomic E-state index is 12.6. The van der Waals surface area contributed by atoms with E-state index in [1.165, 1.54) is 6.92 Å². The van der Waals surface area contributed by atoms with Gasteiger partial charge in [-0.25, -0.2) is 0 Å². The summed E-state index contributed by atoms with van der Waals surface area (Å²) in [6.45, 7) is 0.614. The molecule has 1 saturated carbocycles. The second kappa shape index (κ2) is 3.67. The lowest BCUT2D eigenvalue weighted by Crippen LogP contribution is -2.49. The van der Waals surface area contributed by atoms with Crippen molar-refractivity contribution in [1.29, 1.82) is 0 Å². The van der Waals surface area contributed by atoms with Crippen LogP contribution < -0.4 is 0 Å². The highest BCUT2D eigenvalue weighted by Crippen LogP contribution is 2.64. The molecular formula is C10H12Cl2F3NO2. The Bertz CT molecular complexity index is 401. The van der Waals surface area contributed by atoms with Gasteiger partial charge in [0.2, 0.25) is 5.91 Å². The number of nitrogens with zero attached hydrogens (tertiary/aromatic N) is 1. The topological polar surface area (TPSA) is 40.5 Å². The molecule has 1 N–H and O–H groups in total. The van der Waals surface area contributed by atoms with Crippen molar-refractivity contribution >= 4 is 29.1 Å². The minimum atomic E-state index is -4.74. The van der Waals surface area contributed by atoms with E-state index in [1.807, 2.05) is 0 Å². The number of hydrogen-bond acceptors (Lipinski definition) is 2. The van der Waals surface area contributed by atoms with Crippen molar-refractivity contribution in [3.63, 3.8) is 0 Å². The monoisotopic (exact) mass is 305 g/mol. The normalized spacial score (nSPS) is 38.9. The summed E-state index contributed by atoms with van der Waals surface area (Å²) in [4.78, 5) is 13.0. The highest BCUT2D eigenvalue weighted by Gasteiger charge is 2.70. The van der Waals surface area contributed by atoms with E-state index in [9.17, 15) is 23.1 Å². The maximum Gasteiger partial charge on any atom is 0.419 e. The predicted molar refractivity (Wildman–Crippen MR) is 59.4 cm³/mol. The fourth-order valence-corrected chi connectivity index (χ4v) is 2.88. The minimum absolute atomic E-state index is 0.145. The van der Waals surface area contributed by atoms with Crippen LogP contribution in [-0.2, 0) is 4.79 Å². The Kier molecular flexibility index (Phi) is 2.90. The van der Waals surface area contributed by atoms with Crippen LogP contribution in [0.4, 0.5) is 13.2 Å². The van der Waals surface area contributed by atoms with E-state index in [4.69, 9.17) is 23.2 Å². The van der Waals surface area contributed by atoms with Gasteiger partial charge in [0.25, 0.3) is 0 Å². The lowest BCUT2D eigenvalue weighted by atomic mass is 10.0. The zero-order valence-corrected chi connectivity index (χ0v) is 11.0. The van der Waals surface area contributed by atoms with Gasteiger partial charge in [-0.2, -0.15) is 13.2 Å². The summed E-state index contributed by atoms with van der Waals surface area (Å²) < 4.78 is 36.6. The van der Waals surface area contributed by atoms with Crippen molar-refractivity contribution in [2.45, 2.75) is 35.9 Å². The van der Waals surface area contributed by atoms with Crippen molar-refractivity contribution < 1.29 is 23.1 Å². The van der Waals surface area contributed by atoms with E-state index >= 15 is 0 Å². The Hall–Kier alpha value is -0.200. The van der Waals surface area contributed by atoms with Crippen molar-refractivity contribution in [2.24, 2.45) is 5.41 Å². The standard InChI is InChI=1S/C10H12Cl2F3NO2/c1-7(4-9(7,11)12)6(17)16-3-2-8(18,5-16)10(13,14)15/h18H,2-5H2,1H3. The number of aliphatic hydroxyl groups is 1. The van der Waals surface area contributed by atoms with Crippen molar-refractivity contribution in [1.82, 2.24) is 4.90 Å². The van der Waals surface area contributed by atoms with Crippen molar-refractivity contribution in [3.05, 3.63) is 0 Å². The molecule has 8 heteroatoms. The molecule has 0 bridgehead atoms. The highest BCUT2D eigenvalue weighted by molar-refractivity contribution is 6.53. The molecule has 18 heavy (non-hydrogen) atoms. The molecule has 1 amide bonds. The molecule has 1 saturated heterocycles. The smallest absolute Gasteiger partial charge is 0.379 e. The lowest BCUT2D eigenvalue weighted by molar-refractivity contribution is -0.253. The van der Waals surface area contributed by atoms with E-state index in [-0.39, 0.29) is 13.0 Å². The molecule has 2 unspecified atom stereocenters. The third-order valence-electron chi connectivity index (χ3n) is 3.79. The summed E-state index contributed by atoms with van der Waals surface area (Å²) in [5.74, 6) is -0.535. The average molecular weight is 306 g/mol. The van der Waals surface area contributed by atoms with Crippen LogP contribution in [0.1, 0.15) is 19.8 Å². The van der Waals surface area contributed by atoms with Gasteiger partial charge >= 0.3 is 6.18 Å². The van der Waals surface area contributed by atoms with Crippen LogP contribution in [0.15, 0.2) is 0 Å². The number of hydrogen-bond donors (Lipinski definition) is 1. The number of β-amino-alcohol motifs (C(OH)–C–C–N with tert-alkyl or cyclic N) is 1. The van der Waals surface area contributed by atoms with Gasteiger partial charge in [0, 0.05) is 13.0 Å². The molecular weight excluding hydrogens is 294 g/mol. The first-order chi connectivity index (χ1) is 7.93. The van der Waals surface area contributed by atoms with Crippen LogP contribution in [0.2, 0.25) is 0 Å². The van der Waals surface area contributed by atoms with Crippen LogP contribution in [0.25, 0.3) is 0 Å². The predicted octanol–water partition coefficient (Wildman–Crippen LogP) is 2.10. The zero-order valence-electron chi connectivity index (χ0n) is 9.52. The molecule has 1 aliphatic carbocycles. The molecule has 2 rings (SSSR count). The first-order valence-electron chi connectivity index (χ1n) is 5.39. The maximum absolute atomic E-state index is 12.6. The van der Waals surface area contributed by atoms with E-state index in [0.29, 0.717) is 0 Å². The Morgan fingerprint density at radius 2 is 1.89 bits per heavy atom. The molecule has 1 heterocycles. The van der Waals surface area contributed by atoms with Gasteiger partial charge in [-0.05, 0) is 13.3 Å². The third kappa shape index (κ3) is 1.89. The number of likely N-dealkylation sites (tertiary alicyclic amines) is 1. The second-order valence-corrected chi connectivity index (χ2v) is 6.70. The molecule has 0 aromatic rings. The molecule has 2 aliphatic rings. The van der Waals surface area contributed by atoms with Gasteiger partial charge in [0.05, 0.1) is 12.0 Å². The van der Waals surface area contributed by atoms with Crippen LogP contribution in [0.3, 0.4) is 0 Å². The Balaban J connectivity index is 2.09. The van der Waals surface area contributed by atoms with Gasteiger partial charge in [-0.15, -0.1) is 23.2 Å². The molecule has 0 aromatic carbocycles. The fourth-order valence-electron chi connectivity index (χ4n) is 2.18.